The molecule has 0 bridgehead atoms. The molecule has 0 saturated heterocycles. The maximum atomic E-state index is 2.55. The molecule has 4 fully saturated rings. The fourth-order valence-electron chi connectivity index (χ4n) is 14.7. The molecule has 4 aliphatic rings. The van der Waals surface area contributed by atoms with E-state index < -0.39 is 0 Å². The summed E-state index contributed by atoms with van der Waals surface area (Å²) >= 11 is 0. The summed E-state index contributed by atoms with van der Waals surface area (Å²) in [4.78, 5) is 0. The predicted molar refractivity (Wildman–Crippen MR) is 371 cm³/mol. The molecule has 0 heterocycles. The SMILES string of the molecule is CCC(C)P(c1cc2ccccc2[cH-]1)C(C)CC.CCC(C)P(c1cc2ccccc2[cH-]1)C(C)CC.[Cl-].[Cl-].[Zr+2].[Zr+2].c1ccc2[cH-]c(P(C3CCCCC3)C3CCCCC3)cc2c1.c1ccc2[cH-]c(P(C3CCCCC3)C3CCCCC3)cc2c1. The standard InChI is InChI=1S/2C21H28P.2C17H24P.2ClH.2Zr/c2*1-3-11-19(12-4-1)22(20-13-5-2-6-14-20)21-15-17-9-7-8-10-18(17)16-21;2*1-5-13(3)18(14(4)6-2)17-11-15-9-7-8-10-16(15)12-17;;;;/h2*7-10,15-16,19-20H,1-6,11-14H2;2*7-14H,5-6H2,1-4H3;2*1H;;/q4*-1;;;2*+2/p-2. The largest absolute Gasteiger partial charge is 2.00 e. The van der Waals surface area contributed by atoms with E-state index in [1.807, 2.05) is 0 Å². The Morgan fingerprint density at radius 2 is 0.524 bits per heavy atom. The Morgan fingerprint density at radius 3 is 0.738 bits per heavy atom. The zero-order valence-electron chi connectivity index (χ0n) is 53.0. The second kappa shape index (κ2) is 38.3. The molecule has 0 aliphatic heterocycles. The summed E-state index contributed by atoms with van der Waals surface area (Å²) in [6.07, 6.45) is 35.0. The molecule has 8 aromatic rings. The quantitative estimate of drug-likeness (QED) is 0.0668. The Labute approximate surface area is 568 Å². The van der Waals surface area contributed by atoms with Gasteiger partial charge in [-0.15, -0.1) is 161 Å². The summed E-state index contributed by atoms with van der Waals surface area (Å²) in [7, 11) is 0.0718. The third-order valence-electron chi connectivity index (χ3n) is 19.7. The molecule has 4 unspecified atom stereocenters. The van der Waals surface area contributed by atoms with Crippen molar-refractivity contribution >= 4 is 96.0 Å². The average molecular weight is 1390 g/mol. The molecule has 0 N–H and O–H groups in total. The monoisotopic (exact) mass is 1390 g/mol. The fraction of sp³-hybridized carbons (Fsp3) is 0.526. The Balaban J connectivity index is 0.000000203. The number of hydrogen-bond donors (Lipinski definition) is 0. The molecule has 0 spiro atoms. The van der Waals surface area contributed by atoms with Gasteiger partial charge in [0.1, 0.15) is 0 Å². The Morgan fingerprint density at radius 1 is 0.321 bits per heavy atom. The summed E-state index contributed by atoms with van der Waals surface area (Å²) in [5.74, 6) is 0. The van der Waals surface area contributed by atoms with Crippen LogP contribution in [0.2, 0.25) is 0 Å². The van der Waals surface area contributed by atoms with Crippen molar-refractivity contribution in [1.29, 1.82) is 0 Å². The third-order valence-corrected chi connectivity index (χ3v) is 33.6. The van der Waals surface area contributed by atoms with E-state index in [2.05, 4.69) is 201 Å². The molecule has 4 aliphatic carbocycles. The Hall–Kier alpha value is -0.614. The summed E-state index contributed by atoms with van der Waals surface area (Å²) in [6, 6.07) is 55.4. The van der Waals surface area contributed by atoms with Crippen LogP contribution in [-0.4, -0.2) is 45.3 Å². The van der Waals surface area contributed by atoms with Crippen molar-refractivity contribution < 1.29 is 77.2 Å². The van der Waals surface area contributed by atoms with Crippen LogP contribution in [0.5, 0.6) is 0 Å². The van der Waals surface area contributed by atoms with E-state index in [0.29, 0.717) is 0 Å². The number of halogens is 2. The Kier molecular flexibility index (Phi) is 33.8. The number of benzene rings is 4. The van der Waals surface area contributed by atoms with Gasteiger partial charge in [0.25, 0.3) is 0 Å². The number of rotatable bonds is 16. The van der Waals surface area contributed by atoms with Crippen molar-refractivity contribution in [3.8, 4) is 0 Å². The zero-order chi connectivity index (χ0) is 55.8. The van der Waals surface area contributed by atoms with Crippen molar-refractivity contribution in [2.75, 3.05) is 0 Å². The summed E-state index contributed by atoms with van der Waals surface area (Å²) in [5, 5.41) is 18.2. The van der Waals surface area contributed by atoms with Gasteiger partial charge in [-0.1, -0.05) is 188 Å². The van der Waals surface area contributed by atoms with Gasteiger partial charge in [0.15, 0.2) is 0 Å². The topological polar surface area (TPSA) is 0 Å². The van der Waals surface area contributed by atoms with E-state index in [4.69, 9.17) is 0 Å². The molecule has 0 nitrogen and oxygen atoms in total. The van der Waals surface area contributed by atoms with Crippen molar-refractivity contribution in [3.05, 3.63) is 146 Å². The molecule has 12 rings (SSSR count). The van der Waals surface area contributed by atoms with Gasteiger partial charge < -0.3 is 24.8 Å². The van der Waals surface area contributed by atoms with Crippen molar-refractivity contribution in [3.63, 3.8) is 0 Å². The summed E-state index contributed by atoms with van der Waals surface area (Å²) < 4.78 is 0. The van der Waals surface area contributed by atoms with Gasteiger partial charge in [-0.25, -0.2) is 0 Å². The molecule has 84 heavy (non-hydrogen) atoms. The molecule has 0 radical (unpaired) electrons. The minimum Gasteiger partial charge on any atom is -1.00 e. The van der Waals surface area contributed by atoms with Gasteiger partial charge in [0.05, 0.1) is 0 Å². The van der Waals surface area contributed by atoms with Crippen LogP contribution in [0.1, 0.15) is 209 Å². The second-order valence-corrected chi connectivity index (χ2v) is 37.0. The van der Waals surface area contributed by atoms with Crippen LogP contribution < -0.4 is 46.0 Å². The van der Waals surface area contributed by atoms with Crippen LogP contribution in [0.3, 0.4) is 0 Å². The third kappa shape index (κ3) is 19.7. The van der Waals surface area contributed by atoms with E-state index in [9.17, 15) is 0 Å². The first-order chi connectivity index (χ1) is 39.2. The second-order valence-electron chi connectivity index (χ2n) is 25.2. The summed E-state index contributed by atoms with van der Waals surface area (Å²) in [5.41, 5.74) is 7.37. The van der Waals surface area contributed by atoms with E-state index >= 15 is 0 Å². The smallest absolute Gasteiger partial charge is 1.00 e. The van der Waals surface area contributed by atoms with Gasteiger partial charge in [-0.2, -0.15) is 24.3 Å². The Bertz CT molecular complexity index is 2640. The zero-order valence-corrected chi connectivity index (χ0v) is 63.0. The van der Waals surface area contributed by atoms with Crippen molar-refractivity contribution in [2.24, 2.45) is 0 Å². The fourth-order valence-corrected chi connectivity index (χ4v) is 28.9. The molecule has 8 aromatic carbocycles. The van der Waals surface area contributed by atoms with Crippen LogP contribution in [0.15, 0.2) is 146 Å². The molecular weight excluding hydrogens is 1290 g/mol. The van der Waals surface area contributed by atoms with Crippen molar-refractivity contribution in [2.45, 2.75) is 255 Å². The maximum absolute atomic E-state index is 2.55. The molecule has 0 aromatic heterocycles. The first kappa shape index (κ1) is 74.1. The van der Waals surface area contributed by atoms with Crippen LogP contribution in [0.4, 0.5) is 0 Å². The van der Waals surface area contributed by atoms with Crippen LogP contribution in [-0.2, 0) is 52.4 Å². The van der Waals surface area contributed by atoms with Gasteiger partial charge in [-0.3, -0.25) is 0 Å². The van der Waals surface area contributed by atoms with Crippen LogP contribution in [0.25, 0.3) is 43.1 Å². The molecule has 4 atom stereocenters. The molecule has 452 valence electrons. The van der Waals surface area contributed by atoms with Crippen LogP contribution in [0, 0.1) is 0 Å². The molecule has 4 saturated carbocycles. The van der Waals surface area contributed by atoms with E-state index in [0.717, 1.165) is 45.3 Å². The van der Waals surface area contributed by atoms with Gasteiger partial charge in [0.2, 0.25) is 0 Å². The van der Waals surface area contributed by atoms with Gasteiger partial charge in [-0.05, 0) is 122 Å². The number of fused-ring (bicyclic) bond motifs is 4. The average Bonchev–Trinajstić information content (AvgIpc) is 4.21. The van der Waals surface area contributed by atoms with Crippen LogP contribution >= 0.6 is 31.7 Å². The van der Waals surface area contributed by atoms with Gasteiger partial charge in [0, 0.05) is 0 Å². The predicted octanol–water partition coefficient (Wildman–Crippen LogP) is 17.2. The first-order valence-corrected chi connectivity index (χ1v) is 38.8. The van der Waals surface area contributed by atoms with E-state index in [1.165, 1.54) is 197 Å². The maximum Gasteiger partial charge on any atom is 2.00 e. The molecule has 0 amide bonds. The van der Waals surface area contributed by atoms with Gasteiger partial charge >= 0.3 is 52.4 Å². The number of hydrogen-bond acceptors (Lipinski definition) is 0. The molecular formula is C76H104Cl2P4Zr2-2. The van der Waals surface area contributed by atoms with E-state index in [-0.39, 0.29) is 109 Å². The minimum absolute atomic E-state index is 0. The molecule has 8 heteroatoms. The normalized spacial score (nSPS) is 18.5. The summed E-state index contributed by atoms with van der Waals surface area (Å²) in [6.45, 7) is 19.0. The minimum atomic E-state index is -0.0252. The van der Waals surface area contributed by atoms with E-state index in [1.54, 1.807) is 21.2 Å². The van der Waals surface area contributed by atoms with Crippen molar-refractivity contribution in [1.82, 2.24) is 0 Å². The first-order valence-electron chi connectivity index (χ1n) is 32.9.